The van der Waals surface area contributed by atoms with E-state index in [1.807, 2.05) is 0 Å². The van der Waals surface area contributed by atoms with E-state index in [9.17, 15) is 0 Å². The van der Waals surface area contributed by atoms with Crippen molar-refractivity contribution in [1.82, 2.24) is 0 Å². The summed E-state index contributed by atoms with van der Waals surface area (Å²) in [6.45, 7) is 12.0. The van der Waals surface area contributed by atoms with E-state index in [-0.39, 0.29) is 12.1 Å². The largest absolute Gasteiger partial charge is 0.207 e. The zero-order valence-corrected chi connectivity index (χ0v) is 33.8. The van der Waals surface area contributed by atoms with Gasteiger partial charge in [-0.15, -0.1) is 0 Å². The van der Waals surface area contributed by atoms with Crippen molar-refractivity contribution in [3.05, 3.63) is 226 Å². The molecule has 9 rings (SSSR count). The molecule has 0 radical (unpaired) electrons. The zero-order valence-electron chi connectivity index (χ0n) is 33.8. The molecule has 0 saturated heterocycles. The standard InChI is InChI=1S/C56H49B/c1-38-17-12-14-23-48(38)46-35-47-37-51-53(56(3,4)52-24-15-13-18-39(52)2)25-16-26-54(51)57(5)55(47)50(36-46)49-32-31-44(42-21-10-7-11-22-42)34-45(49)33-40-27-29-43(30-28-40)41-19-8-6-9-20-41/h6-32,34-36H,33,37H2,1-5H3. The third-order valence-corrected chi connectivity index (χ3v) is 12.7. The number of fused-ring (bicyclic) bond motifs is 2. The molecule has 0 N–H and O–H groups in total. The van der Waals surface area contributed by atoms with Crippen LogP contribution in [-0.4, -0.2) is 6.71 Å². The van der Waals surface area contributed by atoms with Gasteiger partial charge in [0.25, 0.3) is 0 Å². The van der Waals surface area contributed by atoms with Crippen LogP contribution in [0.15, 0.2) is 182 Å². The van der Waals surface area contributed by atoms with Crippen LogP contribution in [-0.2, 0) is 18.3 Å². The summed E-state index contributed by atoms with van der Waals surface area (Å²) < 4.78 is 0. The summed E-state index contributed by atoms with van der Waals surface area (Å²) in [5, 5.41) is 0. The Morgan fingerprint density at radius 2 is 1.07 bits per heavy atom. The van der Waals surface area contributed by atoms with Crippen molar-refractivity contribution < 1.29 is 0 Å². The van der Waals surface area contributed by atoms with Crippen molar-refractivity contribution in [2.75, 3.05) is 0 Å². The first kappa shape index (κ1) is 36.5. The molecule has 0 unspecified atom stereocenters. The molecule has 57 heavy (non-hydrogen) atoms. The average molecular weight is 733 g/mol. The fourth-order valence-corrected chi connectivity index (χ4v) is 9.68. The number of hydrogen-bond donors (Lipinski definition) is 0. The summed E-state index contributed by atoms with van der Waals surface area (Å²) >= 11 is 0. The molecule has 1 heteroatoms. The molecule has 0 fully saturated rings. The Labute approximate surface area is 340 Å². The van der Waals surface area contributed by atoms with Gasteiger partial charge in [0, 0.05) is 5.41 Å². The minimum absolute atomic E-state index is 0.138. The fraction of sp³-hybridized carbons (Fsp3) is 0.143. The van der Waals surface area contributed by atoms with E-state index >= 15 is 0 Å². The Morgan fingerprint density at radius 1 is 0.474 bits per heavy atom. The maximum absolute atomic E-state index is 2.51. The van der Waals surface area contributed by atoms with Crippen LogP contribution in [0.1, 0.15) is 58.4 Å². The second kappa shape index (κ2) is 15.1. The van der Waals surface area contributed by atoms with Crippen LogP contribution in [0, 0.1) is 13.8 Å². The maximum Gasteiger partial charge on any atom is 0.207 e. The van der Waals surface area contributed by atoms with Crippen LogP contribution in [0.4, 0.5) is 0 Å². The quantitative estimate of drug-likeness (QED) is 0.137. The van der Waals surface area contributed by atoms with E-state index in [0.717, 1.165) is 12.8 Å². The molecule has 8 aromatic carbocycles. The summed E-state index contributed by atoms with van der Waals surface area (Å²) in [7, 11) is 0. The molecular formula is C56H49B. The van der Waals surface area contributed by atoms with Crippen LogP contribution in [0.25, 0.3) is 44.5 Å². The van der Waals surface area contributed by atoms with Crippen molar-refractivity contribution in [3.8, 4) is 44.5 Å². The Hall–Kier alpha value is -6.18. The first-order valence-corrected chi connectivity index (χ1v) is 20.5. The van der Waals surface area contributed by atoms with Gasteiger partial charge in [0.15, 0.2) is 0 Å². The van der Waals surface area contributed by atoms with Gasteiger partial charge in [-0.2, -0.15) is 0 Å². The number of rotatable bonds is 8. The Balaban J connectivity index is 1.23. The first-order chi connectivity index (χ1) is 27.8. The molecule has 0 nitrogen and oxygen atoms in total. The summed E-state index contributed by atoms with van der Waals surface area (Å²) in [4.78, 5) is 0. The van der Waals surface area contributed by atoms with E-state index in [0.29, 0.717) is 0 Å². The van der Waals surface area contributed by atoms with Gasteiger partial charge in [0.2, 0.25) is 6.71 Å². The second-order valence-corrected chi connectivity index (χ2v) is 16.6. The van der Waals surface area contributed by atoms with Gasteiger partial charge in [-0.05, 0) is 122 Å². The van der Waals surface area contributed by atoms with Crippen molar-refractivity contribution in [3.63, 3.8) is 0 Å². The van der Waals surface area contributed by atoms with Crippen LogP contribution in [0.5, 0.6) is 0 Å². The predicted octanol–water partition coefficient (Wildman–Crippen LogP) is 13.0. The molecule has 276 valence electrons. The van der Waals surface area contributed by atoms with Gasteiger partial charge in [0.1, 0.15) is 0 Å². The van der Waals surface area contributed by atoms with Gasteiger partial charge in [-0.1, -0.05) is 208 Å². The van der Waals surface area contributed by atoms with Crippen molar-refractivity contribution in [1.29, 1.82) is 0 Å². The molecule has 1 aliphatic rings. The maximum atomic E-state index is 2.51. The smallest absolute Gasteiger partial charge is 0.0774 e. The molecule has 0 atom stereocenters. The van der Waals surface area contributed by atoms with Crippen LogP contribution >= 0.6 is 0 Å². The molecule has 1 heterocycles. The van der Waals surface area contributed by atoms with E-state index in [1.165, 1.54) is 99.9 Å². The highest BCUT2D eigenvalue weighted by atomic mass is 14.3. The fourth-order valence-electron chi connectivity index (χ4n) is 9.68. The van der Waals surface area contributed by atoms with Crippen molar-refractivity contribution >= 4 is 17.6 Å². The molecule has 0 saturated carbocycles. The molecule has 0 spiro atoms. The van der Waals surface area contributed by atoms with Crippen LogP contribution < -0.4 is 10.9 Å². The van der Waals surface area contributed by atoms with Gasteiger partial charge >= 0.3 is 0 Å². The van der Waals surface area contributed by atoms with Gasteiger partial charge in [-0.25, -0.2) is 0 Å². The summed E-state index contributed by atoms with van der Waals surface area (Å²) in [6, 6.07) is 67.8. The molecule has 0 aromatic heterocycles. The lowest BCUT2D eigenvalue weighted by Crippen LogP contribution is -2.49. The molecule has 1 aliphatic heterocycles. The van der Waals surface area contributed by atoms with Crippen molar-refractivity contribution in [2.24, 2.45) is 0 Å². The predicted molar refractivity (Wildman–Crippen MR) is 246 cm³/mol. The molecule has 0 bridgehead atoms. The van der Waals surface area contributed by atoms with E-state index in [4.69, 9.17) is 0 Å². The molecule has 0 amide bonds. The Kier molecular flexibility index (Phi) is 9.63. The van der Waals surface area contributed by atoms with Crippen LogP contribution in [0.3, 0.4) is 0 Å². The van der Waals surface area contributed by atoms with E-state index in [1.54, 1.807) is 0 Å². The van der Waals surface area contributed by atoms with Gasteiger partial charge < -0.3 is 0 Å². The summed E-state index contributed by atoms with van der Waals surface area (Å²) in [5.41, 5.74) is 24.1. The van der Waals surface area contributed by atoms with Gasteiger partial charge in [0.05, 0.1) is 0 Å². The first-order valence-electron chi connectivity index (χ1n) is 20.5. The molecule has 8 aromatic rings. The zero-order chi connectivity index (χ0) is 39.1. The molecule has 0 aliphatic carbocycles. The summed E-state index contributed by atoms with van der Waals surface area (Å²) in [6.07, 6.45) is 1.75. The third kappa shape index (κ3) is 6.87. The number of benzene rings is 8. The lowest BCUT2D eigenvalue weighted by Gasteiger charge is -2.35. The molecular weight excluding hydrogens is 683 g/mol. The van der Waals surface area contributed by atoms with E-state index < -0.39 is 0 Å². The topological polar surface area (TPSA) is 0 Å². The monoisotopic (exact) mass is 732 g/mol. The van der Waals surface area contributed by atoms with Gasteiger partial charge in [-0.3, -0.25) is 0 Å². The lowest BCUT2D eigenvalue weighted by molar-refractivity contribution is 0.629. The Morgan fingerprint density at radius 3 is 1.77 bits per heavy atom. The minimum Gasteiger partial charge on any atom is -0.0774 e. The number of hydrogen-bond acceptors (Lipinski definition) is 0. The highest BCUT2D eigenvalue weighted by Crippen LogP contribution is 2.40. The Bertz CT molecular complexity index is 2720. The lowest BCUT2D eigenvalue weighted by atomic mass is 9.37. The highest BCUT2D eigenvalue weighted by molar-refractivity contribution is 6.86. The van der Waals surface area contributed by atoms with Crippen LogP contribution in [0.2, 0.25) is 6.82 Å². The highest BCUT2D eigenvalue weighted by Gasteiger charge is 2.35. The third-order valence-electron chi connectivity index (χ3n) is 12.7. The minimum atomic E-state index is -0.138. The SMILES string of the molecule is CB1c2cccc(C(C)(C)c3ccccc3C)c2Cc2cc(-c3ccccc3C)cc(-c3ccc(-c4ccccc4)cc3Cc3ccc(-c4ccccc4)cc3)c21. The van der Waals surface area contributed by atoms with E-state index in [2.05, 4.69) is 217 Å². The average Bonchev–Trinajstić information content (AvgIpc) is 3.24. The second-order valence-electron chi connectivity index (χ2n) is 16.6. The van der Waals surface area contributed by atoms with Crippen molar-refractivity contribution in [2.45, 2.75) is 52.8 Å². The normalized spacial score (nSPS) is 12.3. The number of aryl methyl sites for hydroxylation is 2. The summed E-state index contributed by atoms with van der Waals surface area (Å²) in [5.74, 6) is 0.